The molecule has 0 heterocycles. The van der Waals surface area contributed by atoms with E-state index in [0.717, 1.165) is 0 Å². The van der Waals surface area contributed by atoms with Gasteiger partial charge in [0.05, 0.1) is 5.69 Å². The number of hydrogen-bond donors (Lipinski definition) is 3. The number of aliphatic hydroxyl groups excluding tert-OH is 1. The summed E-state index contributed by atoms with van der Waals surface area (Å²) in [6.07, 6.45) is 0.561. The third-order valence-corrected chi connectivity index (χ3v) is 4.40. The topological polar surface area (TPSA) is 92.4 Å². The van der Waals surface area contributed by atoms with Crippen molar-refractivity contribution in [3.63, 3.8) is 0 Å². The fraction of sp³-hybridized carbons (Fsp3) is 0.500. The Bertz CT molecular complexity index is 480. The van der Waals surface area contributed by atoms with Crippen LogP contribution in [-0.2, 0) is 10.0 Å². The van der Waals surface area contributed by atoms with Crippen molar-refractivity contribution in [2.75, 3.05) is 18.9 Å². The maximum absolute atomic E-state index is 12.1. The van der Waals surface area contributed by atoms with E-state index in [0.29, 0.717) is 12.0 Å². The molecule has 0 aliphatic rings. The Morgan fingerprint density at radius 3 is 2.67 bits per heavy atom. The highest BCUT2D eigenvalue weighted by Gasteiger charge is 2.20. The fourth-order valence-electron chi connectivity index (χ4n) is 1.69. The van der Waals surface area contributed by atoms with E-state index in [1.54, 1.807) is 25.1 Å². The molecule has 0 saturated heterocycles. The van der Waals surface area contributed by atoms with E-state index in [1.165, 1.54) is 0 Å². The molecule has 0 fully saturated rings. The molecule has 18 heavy (non-hydrogen) atoms. The number of hydrogen-bond acceptors (Lipinski definition) is 4. The smallest absolute Gasteiger partial charge is 0.242 e. The van der Waals surface area contributed by atoms with E-state index in [2.05, 4.69) is 4.72 Å². The summed E-state index contributed by atoms with van der Waals surface area (Å²) in [7, 11) is -3.59. The molecule has 102 valence electrons. The Morgan fingerprint density at radius 1 is 1.44 bits per heavy atom. The van der Waals surface area contributed by atoms with Gasteiger partial charge < -0.3 is 10.8 Å². The van der Waals surface area contributed by atoms with Gasteiger partial charge in [-0.3, -0.25) is 0 Å². The van der Waals surface area contributed by atoms with Gasteiger partial charge in [-0.05, 0) is 30.9 Å². The summed E-state index contributed by atoms with van der Waals surface area (Å²) in [5, 5.41) is 8.77. The first kappa shape index (κ1) is 14.9. The van der Waals surface area contributed by atoms with E-state index in [9.17, 15) is 8.42 Å². The molecule has 1 aromatic carbocycles. The van der Waals surface area contributed by atoms with Gasteiger partial charge in [0.2, 0.25) is 10.0 Å². The van der Waals surface area contributed by atoms with Gasteiger partial charge in [-0.25, -0.2) is 13.1 Å². The molecule has 1 atom stereocenters. The zero-order valence-electron chi connectivity index (χ0n) is 10.7. The quantitative estimate of drug-likeness (QED) is 0.670. The number of aliphatic hydroxyl groups is 1. The highest BCUT2D eigenvalue weighted by molar-refractivity contribution is 7.89. The number of aryl methyl sites for hydroxylation is 1. The number of benzene rings is 1. The molecular weight excluding hydrogens is 252 g/mol. The van der Waals surface area contributed by atoms with Crippen LogP contribution in [0.25, 0.3) is 0 Å². The third-order valence-electron chi connectivity index (χ3n) is 2.75. The standard InChI is InChI=1S/C12H20N2O3S/c1-9(6-7-15)8-14-18(16,17)12-10(2)4-3-5-11(12)13/h3-5,9,14-15H,6-8,13H2,1-2H3. The van der Waals surface area contributed by atoms with Gasteiger partial charge in [-0.15, -0.1) is 0 Å². The van der Waals surface area contributed by atoms with Crippen molar-refractivity contribution in [3.8, 4) is 0 Å². The van der Waals surface area contributed by atoms with Crippen LogP contribution >= 0.6 is 0 Å². The van der Waals surface area contributed by atoms with Gasteiger partial charge in [-0.2, -0.15) is 0 Å². The van der Waals surface area contributed by atoms with Crippen LogP contribution in [0.3, 0.4) is 0 Å². The zero-order chi connectivity index (χ0) is 13.8. The summed E-state index contributed by atoms with van der Waals surface area (Å²) in [6.45, 7) is 3.92. The highest BCUT2D eigenvalue weighted by Crippen LogP contribution is 2.22. The Hall–Kier alpha value is -1.11. The summed E-state index contributed by atoms with van der Waals surface area (Å²) in [5.41, 5.74) is 6.58. The van der Waals surface area contributed by atoms with Crippen LogP contribution in [-0.4, -0.2) is 26.7 Å². The molecule has 1 rings (SSSR count). The Morgan fingerprint density at radius 2 is 2.11 bits per heavy atom. The van der Waals surface area contributed by atoms with Crippen LogP contribution in [0.2, 0.25) is 0 Å². The maximum atomic E-state index is 12.1. The molecule has 0 amide bonds. The number of nitrogen functional groups attached to an aromatic ring is 1. The van der Waals surface area contributed by atoms with Gasteiger partial charge in [0, 0.05) is 13.2 Å². The lowest BCUT2D eigenvalue weighted by Gasteiger charge is -2.14. The first-order valence-electron chi connectivity index (χ1n) is 5.84. The summed E-state index contributed by atoms with van der Waals surface area (Å²) >= 11 is 0. The second kappa shape index (κ2) is 6.17. The Kier molecular flexibility index (Phi) is 5.13. The lowest BCUT2D eigenvalue weighted by molar-refractivity contribution is 0.263. The number of nitrogens with two attached hydrogens (primary N) is 1. The summed E-state index contributed by atoms with van der Waals surface area (Å²) in [5.74, 6) is 0.0787. The molecule has 6 heteroatoms. The van der Waals surface area contributed by atoms with Crippen LogP contribution < -0.4 is 10.5 Å². The van der Waals surface area contributed by atoms with Gasteiger partial charge in [0.15, 0.2) is 0 Å². The first-order chi connectivity index (χ1) is 8.38. The minimum absolute atomic E-state index is 0.0510. The van der Waals surface area contributed by atoms with Crippen molar-refractivity contribution in [2.24, 2.45) is 5.92 Å². The molecule has 0 aromatic heterocycles. The number of rotatable bonds is 6. The minimum atomic E-state index is -3.59. The largest absolute Gasteiger partial charge is 0.398 e. The van der Waals surface area contributed by atoms with Crippen LogP contribution in [0, 0.1) is 12.8 Å². The van der Waals surface area contributed by atoms with E-state index >= 15 is 0 Å². The average molecular weight is 272 g/mol. The fourth-order valence-corrected chi connectivity index (χ4v) is 3.21. The molecule has 0 bridgehead atoms. The summed E-state index contributed by atoms with van der Waals surface area (Å²) in [6, 6.07) is 5.00. The Labute approximate surface area is 108 Å². The van der Waals surface area contributed by atoms with Crippen LogP contribution in [0.15, 0.2) is 23.1 Å². The minimum Gasteiger partial charge on any atom is -0.398 e. The summed E-state index contributed by atoms with van der Waals surface area (Å²) in [4.78, 5) is 0.140. The second-order valence-corrected chi connectivity index (χ2v) is 6.17. The number of anilines is 1. The van der Waals surface area contributed by atoms with Crippen LogP contribution in [0.5, 0.6) is 0 Å². The van der Waals surface area contributed by atoms with Crippen LogP contribution in [0.1, 0.15) is 18.9 Å². The van der Waals surface area contributed by atoms with Crippen molar-refractivity contribution in [1.29, 1.82) is 0 Å². The van der Waals surface area contributed by atoms with E-state index in [1.807, 2.05) is 6.92 Å². The number of nitrogens with one attached hydrogen (secondary N) is 1. The average Bonchev–Trinajstić information content (AvgIpc) is 2.26. The predicted octanol–water partition coefficient (Wildman–Crippen LogP) is 0.874. The molecule has 1 unspecified atom stereocenters. The maximum Gasteiger partial charge on any atom is 0.242 e. The molecule has 5 nitrogen and oxygen atoms in total. The number of sulfonamides is 1. The van der Waals surface area contributed by atoms with E-state index < -0.39 is 10.0 Å². The van der Waals surface area contributed by atoms with Crippen molar-refractivity contribution < 1.29 is 13.5 Å². The van der Waals surface area contributed by atoms with Crippen molar-refractivity contribution in [2.45, 2.75) is 25.2 Å². The Balaban J connectivity index is 2.87. The van der Waals surface area contributed by atoms with Gasteiger partial charge in [0.25, 0.3) is 0 Å². The lowest BCUT2D eigenvalue weighted by atomic mass is 10.1. The lowest BCUT2D eigenvalue weighted by Crippen LogP contribution is -2.30. The molecule has 0 saturated carbocycles. The molecule has 0 aliphatic heterocycles. The van der Waals surface area contributed by atoms with E-state index in [-0.39, 0.29) is 29.7 Å². The molecule has 4 N–H and O–H groups in total. The second-order valence-electron chi connectivity index (χ2n) is 4.46. The molecular formula is C12H20N2O3S. The SMILES string of the molecule is Cc1cccc(N)c1S(=O)(=O)NCC(C)CCO. The summed E-state index contributed by atoms with van der Waals surface area (Å²) < 4.78 is 26.8. The normalized spacial score (nSPS) is 13.5. The molecule has 0 radical (unpaired) electrons. The van der Waals surface area contributed by atoms with Crippen LogP contribution in [0.4, 0.5) is 5.69 Å². The van der Waals surface area contributed by atoms with E-state index in [4.69, 9.17) is 10.8 Å². The highest BCUT2D eigenvalue weighted by atomic mass is 32.2. The monoisotopic (exact) mass is 272 g/mol. The van der Waals surface area contributed by atoms with Gasteiger partial charge in [-0.1, -0.05) is 19.1 Å². The zero-order valence-corrected chi connectivity index (χ0v) is 11.5. The molecule has 0 spiro atoms. The van der Waals surface area contributed by atoms with Gasteiger partial charge in [0.1, 0.15) is 4.90 Å². The van der Waals surface area contributed by atoms with Crippen molar-refractivity contribution >= 4 is 15.7 Å². The predicted molar refractivity (Wildman–Crippen MR) is 71.6 cm³/mol. The van der Waals surface area contributed by atoms with Gasteiger partial charge >= 0.3 is 0 Å². The van der Waals surface area contributed by atoms with Crippen molar-refractivity contribution in [1.82, 2.24) is 4.72 Å². The third kappa shape index (κ3) is 3.69. The molecule has 1 aromatic rings. The first-order valence-corrected chi connectivity index (χ1v) is 7.32. The molecule has 0 aliphatic carbocycles. The van der Waals surface area contributed by atoms with Crippen molar-refractivity contribution in [3.05, 3.63) is 23.8 Å².